The van der Waals surface area contributed by atoms with Crippen molar-refractivity contribution in [3.05, 3.63) is 24.3 Å². The maximum Gasteiger partial charge on any atom is 0.242 e. The minimum Gasteiger partial charge on any atom is -0.497 e. The van der Waals surface area contributed by atoms with Crippen LogP contribution in [0.15, 0.2) is 24.3 Å². The van der Waals surface area contributed by atoms with E-state index in [-0.39, 0.29) is 49.3 Å². The summed E-state index contributed by atoms with van der Waals surface area (Å²) in [5.41, 5.74) is 0.703. The topological polar surface area (TPSA) is 108 Å². The SMILES string of the molecule is COc1ccc(N2C[C@@H](C(=O)N[C@@H](C)C(=O)N[C@H](CO)C(C)C)CC2=O)cc1. The lowest BCUT2D eigenvalue weighted by Crippen LogP contribution is -2.51. The number of nitrogens with zero attached hydrogens (tertiary/aromatic N) is 1. The summed E-state index contributed by atoms with van der Waals surface area (Å²) in [6, 6.07) is 5.93. The molecule has 3 N–H and O–H groups in total. The summed E-state index contributed by atoms with van der Waals surface area (Å²) in [5.74, 6) is -0.602. The van der Waals surface area contributed by atoms with Crippen LogP contribution in [0.2, 0.25) is 0 Å². The van der Waals surface area contributed by atoms with Gasteiger partial charge in [0.1, 0.15) is 11.8 Å². The van der Waals surface area contributed by atoms with Crippen LogP contribution in [0.4, 0.5) is 5.69 Å². The molecule has 8 heteroatoms. The highest BCUT2D eigenvalue weighted by Crippen LogP contribution is 2.27. The Bertz CT molecular complexity index is 704. The van der Waals surface area contributed by atoms with E-state index in [1.807, 2.05) is 13.8 Å². The van der Waals surface area contributed by atoms with Gasteiger partial charge in [0.05, 0.1) is 25.7 Å². The summed E-state index contributed by atoms with van der Waals surface area (Å²) < 4.78 is 5.11. The molecule has 1 aromatic rings. The molecule has 0 unspecified atom stereocenters. The second-order valence-electron chi connectivity index (χ2n) is 7.38. The molecule has 0 radical (unpaired) electrons. The number of rotatable bonds is 8. The molecular weight excluding hydrogens is 362 g/mol. The molecule has 0 bridgehead atoms. The lowest BCUT2D eigenvalue weighted by Gasteiger charge is -2.23. The molecule has 1 heterocycles. The van der Waals surface area contributed by atoms with Crippen molar-refractivity contribution in [3.63, 3.8) is 0 Å². The fourth-order valence-corrected chi connectivity index (χ4v) is 3.02. The predicted molar refractivity (Wildman–Crippen MR) is 105 cm³/mol. The smallest absolute Gasteiger partial charge is 0.242 e. The van der Waals surface area contributed by atoms with Crippen LogP contribution < -0.4 is 20.3 Å². The maximum atomic E-state index is 12.5. The molecule has 0 aromatic heterocycles. The third kappa shape index (κ3) is 5.22. The van der Waals surface area contributed by atoms with Gasteiger partial charge in [-0.3, -0.25) is 14.4 Å². The zero-order valence-electron chi connectivity index (χ0n) is 16.8. The lowest BCUT2D eigenvalue weighted by atomic mass is 10.0. The van der Waals surface area contributed by atoms with Gasteiger partial charge < -0.3 is 25.4 Å². The van der Waals surface area contributed by atoms with E-state index in [1.165, 1.54) is 0 Å². The summed E-state index contributed by atoms with van der Waals surface area (Å²) in [6.07, 6.45) is 0.0947. The van der Waals surface area contributed by atoms with Crippen molar-refractivity contribution in [1.29, 1.82) is 0 Å². The average Bonchev–Trinajstić information content (AvgIpc) is 3.07. The molecule has 28 heavy (non-hydrogen) atoms. The Morgan fingerprint density at radius 3 is 2.39 bits per heavy atom. The van der Waals surface area contributed by atoms with Gasteiger partial charge in [-0.05, 0) is 37.1 Å². The molecule has 0 saturated carbocycles. The Hall–Kier alpha value is -2.61. The van der Waals surface area contributed by atoms with Crippen LogP contribution in [0.1, 0.15) is 27.2 Å². The summed E-state index contributed by atoms with van der Waals surface area (Å²) in [6.45, 7) is 5.46. The van der Waals surface area contributed by atoms with E-state index in [0.717, 1.165) is 0 Å². The third-order valence-corrected chi connectivity index (χ3v) is 4.96. The van der Waals surface area contributed by atoms with Gasteiger partial charge in [-0.25, -0.2) is 0 Å². The number of benzene rings is 1. The number of carbonyl (C=O) groups excluding carboxylic acids is 3. The molecule has 1 aliphatic heterocycles. The van der Waals surface area contributed by atoms with Gasteiger partial charge in [0, 0.05) is 18.7 Å². The van der Waals surface area contributed by atoms with Crippen LogP contribution in [-0.4, -0.2) is 55.2 Å². The van der Waals surface area contributed by atoms with E-state index in [2.05, 4.69) is 10.6 Å². The fraction of sp³-hybridized carbons (Fsp3) is 0.550. The molecular formula is C20H29N3O5. The standard InChI is InChI=1S/C20H29N3O5/c1-12(2)17(11-24)22-19(26)13(3)21-20(27)14-9-18(25)23(10-14)15-5-7-16(28-4)8-6-15/h5-8,12-14,17,24H,9-11H2,1-4H3,(H,21,27)(H,22,26)/t13-,14-,17+/m0/s1. The van der Waals surface area contributed by atoms with Crippen LogP contribution in [0.5, 0.6) is 5.75 Å². The first kappa shape index (κ1) is 21.7. The number of carbonyl (C=O) groups is 3. The van der Waals surface area contributed by atoms with Crippen molar-refractivity contribution < 1.29 is 24.2 Å². The van der Waals surface area contributed by atoms with Crippen LogP contribution in [-0.2, 0) is 14.4 Å². The highest BCUT2D eigenvalue weighted by molar-refractivity contribution is 6.01. The second-order valence-corrected chi connectivity index (χ2v) is 7.38. The Morgan fingerprint density at radius 2 is 1.86 bits per heavy atom. The Balaban J connectivity index is 1.93. The molecule has 1 aliphatic rings. The molecule has 0 spiro atoms. The number of hydrogen-bond acceptors (Lipinski definition) is 5. The van der Waals surface area contributed by atoms with Crippen molar-refractivity contribution in [2.45, 2.75) is 39.3 Å². The Labute approximate surface area is 165 Å². The van der Waals surface area contributed by atoms with E-state index in [4.69, 9.17) is 4.74 Å². The van der Waals surface area contributed by atoms with Crippen LogP contribution in [0.25, 0.3) is 0 Å². The molecule has 1 aromatic carbocycles. The van der Waals surface area contributed by atoms with Crippen LogP contribution >= 0.6 is 0 Å². The van der Waals surface area contributed by atoms with Crippen molar-refractivity contribution >= 4 is 23.4 Å². The zero-order chi connectivity index (χ0) is 20.8. The van der Waals surface area contributed by atoms with Crippen LogP contribution in [0, 0.1) is 11.8 Å². The molecule has 2 rings (SSSR count). The van der Waals surface area contributed by atoms with E-state index in [9.17, 15) is 19.5 Å². The second kappa shape index (κ2) is 9.54. The summed E-state index contributed by atoms with van der Waals surface area (Å²) in [4.78, 5) is 38.7. The van der Waals surface area contributed by atoms with Gasteiger partial charge in [-0.1, -0.05) is 13.8 Å². The molecule has 3 atom stereocenters. The summed E-state index contributed by atoms with van der Waals surface area (Å²) in [7, 11) is 1.57. The first-order chi connectivity index (χ1) is 13.3. The summed E-state index contributed by atoms with van der Waals surface area (Å²) in [5, 5.41) is 14.7. The van der Waals surface area contributed by atoms with Gasteiger partial charge in [0.25, 0.3) is 0 Å². The number of methoxy groups -OCH3 is 1. The van der Waals surface area contributed by atoms with E-state index in [1.54, 1.807) is 43.2 Å². The largest absolute Gasteiger partial charge is 0.497 e. The number of aliphatic hydroxyl groups is 1. The predicted octanol–water partition coefficient (Wildman–Crippen LogP) is 0.686. The minimum atomic E-state index is -0.759. The van der Waals surface area contributed by atoms with Crippen LogP contribution in [0.3, 0.4) is 0 Å². The number of ether oxygens (including phenoxy) is 1. The first-order valence-electron chi connectivity index (χ1n) is 9.42. The molecule has 8 nitrogen and oxygen atoms in total. The molecule has 0 aliphatic carbocycles. The third-order valence-electron chi connectivity index (χ3n) is 4.96. The first-order valence-corrected chi connectivity index (χ1v) is 9.42. The lowest BCUT2D eigenvalue weighted by molar-refractivity contribution is -0.131. The Morgan fingerprint density at radius 1 is 1.21 bits per heavy atom. The average molecular weight is 391 g/mol. The summed E-state index contributed by atoms with van der Waals surface area (Å²) >= 11 is 0. The number of hydrogen-bond donors (Lipinski definition) is 3. The minimum absolute atomic E-state index is 0.0716. The highest BCUT2D eigenvalue weighted by atomic mass is 16.5. The van der Waals surface area contributed by atoms with Gasteiger partial charge >= 0.3 is 0 Å². The maximum absolute atomic E-state index is 12.5. The van der Waals surface area contributed by atoms with E-state index < -0.39 is 12.0 Å². The van der Waals surface area contributed by atoms with Gasteiger partial charge in [0.2, 0.25) is 17.7 Å². The molecule has 154 valence electrons. The molecule has 1 saturated heterocycles. The van der Waals surface area contributed by atoms with E-state index >= 15 is 0 Å². The normalized spacial score (nSPS) is 18.7. The van der Waals surface area contributed by atoms with Crippen molar-refractivity contribution in [2.75, 3.05) is 25.2 Å². The van der Waals surface area contributed by atoms with Crippen molar-refractivity contribution in [1.82, 2.24) is 10.6 Å². The Kier molecular flexibility index (Phi) is 7.39. The quantitative estimate of drug-likeness (QED) is 0.604. The van der Waals surface area contributed by atoms with E-state index in [0.29, 0.717) is 11.4 Å². The highest BCUT2D eigenvalue weighted by Gasteiger charge is 2.36. The fourth-order valence-electron chi connectivity index (χ4n) is 3.02. The zero-order valence-corrected chi connectivity index (χ0v) is 16.8. The van der Waals surface area contributed by atoms with Crippen molar-refractivity contribution in [3.8, 4) is 5.75 Å². The van der Waals surface area contributed by atoms with Crippen molar-refractivity contribution in [2.24, 2.45) is 11.8 Å². The monoisotopic (exact) mass is 391 g/mol. The number of nitrogens with one attached hydrogen (secondary N) is 2. The molecule has 3 amide bonds. The number of aliphatic hydroxyl groups excluding tert-OH is 1. The number of amides is 3. The van der Waals surface area contributed by atoms with Gasteiger partial charge in [0.15, 0.2) is 0 Å². The number of anilines is 1. The molecule has 1 fully saturated rings. The van der Waals surface area contributed by atoms with Gasteiger partial charge in [-0.15, -0.1) is 0 Å². The van der Waals surface area contributed by atoms with Gasteiger partial charge in [-0.2, -0.15) is 0 Å².